The number of hydrogen-bond acceptors (Lipinski definition) is 6. The van der Waals surface area contributed by atoms with Gasteiger partial charge in [0.15, 0.2) is 19.7 Å². The second kappa shape index (κ2) is 6.72. The molecule has 0 bridgehead atoms. The fourth-order valence-electron chi connectivity index (χ4n) is 2.60. The fourth-order valence-corrected chi connectivity index (χ4v) is 5.02. The van der Waals surface area contributed by atoms with Crippen LogP contribution in [0, 0.1) is 6.92 Å². The zero-order valence-corrected chi connectivity index (χ0v) is 15.6. The Bertz CT molecular complexity index is 847. The van der Waals surface area contributed by atoms with E-state index in [-0.39, 0.29) is 34.9 Å². The molecule has 1 N–H and O–H groups in total. The second-order valence-electron chi connectivity index (χ2n) is 6.16. The van der Waals surface area contributed by atoms with E-state index in [9.17, 15) is 21.6 Å². The first-order valence-electron chi connectivity index (χ1n) is 7.50. The number of likely N-dealkylation sites (N-methyl/N-ethyl adjacent to an activating group) is 1. The predicted molar refractivity (Wildman–Crippen MR) is 92.6 cm³/mol. The monoisotopic (exact) mass is 374 g/mol. The van der Waals surface area contributed by atoms with E-state index >= 15 is 0 Å². The molecule has 1 aliphatic heterocycles. The summed E-state index contributed by atoms with van der Waals surface area (Å²) in [5.41, 5.74) is 1.39. The summed E-state index contributed by atoms with van der Waals surface area (Å²) in [6, 6.07) is 4.40. The number of hydrogen-bond donors (Lipinski definition) is 1. The lowest BCUT2D eigenvalue weighted by Gasteiger charge is -2.24. The number of benzene rings is 1. The topological polar surface area (TPSA) is 101 Å². The van der Waals surface area contributed by atoms with Gasteiger partial charge in [-0.2, -0.15) is 0 Å². The van der Waals surface area contributed by atoms with Crippen LogP contribution in [0.4, 0.5) is 5.69 Å². The van der Waals surface area contributed by atoms with E-state index < -0.39 is 19.7 Å². The Morgan fingerprint density at radius 2 is 2.04 bits per heavy atom. The number of nitrogens with one attached hydrogen (secondary N) is 1. The molecule has 1 heterocycles. The molecule has 0 aliphatic carbocycles. The molecule has 9 heteroatoms. The van der Waals surface area contributed by atoms with Crippen molar-refractivity contribution in [2.24, 2.45) is 0 Å². The third kappa shape index (κ3) is 4.47. The third-order valence-electron chi connectivity index (χ3n) is 4.22. The molecular formula is C15H22N2O5S2. The highest BCUT2D eigenvalue weighted by Crippen LogP contribution is 2.21. The summed E-state index contributed by atoms with van der Waals surface area (Å²) in [6.45, 7) is 1.78. The molecule has 1 atom stereocenters. The molecule has 1 amide bonds. The number of anilines is 1. The summed E-state index contributed by atoms with van der Waals surface area (Å²) >= 11 is 0. The van der Waals surface area contributed by atoms with E-state index in [2.05, 4.69) is 5.32 Å². The van der Waals surface area contributed by atoms with E-state index in [0.29, 0.717) is 12.1 Å². The standard InChI is InChI=1S/C15H22N2O5S2/c1-11-4-5-13(23(3,19)20)8-14(11)16-9-15(18)17(2)12-6-7-24(21,22)10-12/h4-5,8,12,16H,6-7,9-10H2,1-3H3. The number of nitrogens with zero attached hydrogens (tertiary/aromatic N) is 1. The molecule has 1 fully saturated rings. The third-order valence-corrected chi connectivity index (χ3v) is 7.08. The van der Waals surface area contributed by atoms with Crippen molar-refractivity contribution in [2.45, 2.75) is 24.3 Å². The van der Waals surface area contributed by atoms with Crippen molar-refractivity contribution >= 4 is 31.3 Å². The minimum absolute atomic E-state index is 0.00215. The van der Waals surface area contributed by atoms with Crippen molar-refractivity contribution in [3.63, 3.8) is 0 Å². The first-order chi connectivity index (χ1) is 11.0. The Morgan fingerprint density at radius 3 is 2.58 bits per heavy atom. The minimum Gasteiger partial charge on any atom is -0.376 e. The Labute approximate surface area is 142 Å². The van der Waals surface area contributed by atoms with Gasteiger partial charge in [-0.15, -0.1) is 0 Å². The van der Waals surface area contributed by atoms with E-state index in [4.69, 9.17) is 0 Å². The molecule has 7 nitrogen and oxygen atoms in total. The molecule has 24 heavy (non-hydrogen) atoms. The maximum atomic E-state index is 12.3. The summed E-state index contributed by atoms with van der Waals surface area (Å²) in [6.07, 6.45) is 1.58. The zero-order valence-electron chi connectivity index (χ0n) is 13.9. The first kappa shape index (κ1) is 18.7. The first-order valence-corrected chi connectivity index (χ1v) is 11.2. The van der Waals surface area contributed by atoms with Crippen LogP contribution in [0.5, 0.6) is 0 Å². The van der Waals surface area contributed by atoms with E-state index in [1.54, 1.807) is 13.1 Å². The average molecular weight is 374 g/mol. The molecule has 1 aromatic rings. The number of aryl methyl sites for hydroxylation is 1. The number of rotatable bonds is 5. The predicted octanol–water partition coefficient (Wildman–Crippen LogP) is 0.456. The van der Waals surface area contributed by atoms with E-state index in [1.165, 1.54) is 17.0 Å². The molecule has 0 saturated carbocycles. The number of carbonyl (C=O) groups excluding carboxylic acids is 1. The Morgan fingerprint density at radius 1 is 1.38 bits per heavy atom. The molecule has 1 aliphatic rings. The lowest BCUT2D eigenvalue weighted by Crippen LogP contribution is -2.40. The van der Waals surface area contributed by atoms with Crippen LogP contribution in [-0.2, 0) is 24.5 Å². The van der Waals surface area contributed by atoms with Gasteiger partial charge in [0.1, 0.15) is 0 Å². The maximum absolute atomic E-state index is 12.3. The summed E-state index contributed by atoms with van der Waals surface area (Å²) in [7, 11) is -4.78. The average Bonchev–Trinajstić information content (AvgIpc) is 2.84. The molecule has 134 valence electrons. The van der Waals surface area contributed by atoms with Crippen molar-refractivity contribution in [2.75, 3.05) is 36.7 Å². The smallest absolute Gasteiger partial charge is 0.241 e. The van der Waals surface area contributed by atoms with Crippen LogP contribution in [0.1, 0.15) is 12.0 Å². The maximum Gasteiger partial charge on any atom is 0.241 e. The van der Waals surface area contributed by atoms with Gasteiger partial charge in [-0.3, -0.25) is 4.79 Å². The largest absolute Gasteiger partial charge is 0.376 e. The summed E-state index contributed by atoms with van der Waals surface area (Å²) in [5.74, 6) is -0.128. The van der Waals surface area contributed by atoms with Gasteiger partial charge in [-0.05, 0) is 31.0 Å². The lowest BCUT2D eigenvalue weighted by atomic mass is 10.2. The highest BCUT2D eigenvalue weighted by atomic mass is 32.2. The molecule has 0 radical (unpaired) electrons. The summed E-state index contributed by atoms with van der Waals surface area (Å²) in [4.78, 5) is 13.9. The van der Waals surface area contributed by atoms with Crippen molar-refractivity contribution in [3.05, 3.63) is 23.8 Å². The highest BCUT2D eigenvalue weighted by Gasteiger charge is 2.32. The van der Waals surface area contributed by atoms with Crippen molar-refractivity contribution in [1.82, 2.24) is 4.90 Å². The van der Waals surface area contributed by atoms with Crippen molar-refractivity contribution in [1.29, 1.82) is 0 Å². The van der Waals surface area contributed by atoms with Gasteiger partial charge in [-0.25, -0.2) is 16.8 Å². The molecule has 1 unspecified atom stereocenters. The zero-order chi connectivity index (χ0) is 18.1. The normalized spacial score (nSPS) is 19.9. The van der Waals surface area contributed by atoms with Gasteiger partial charge < -0.3 is 10.2 Å². The van der Waals surface area contributed by atoms with Crippen molar-refractivity contribution < 1.29 is 21.6 Å². The van der Waals surface area contributed by atoms with Gasteiger partial charge in [0.25, 0.3) is 0 Å². The van der Waals surface area contributed by atoms with Gasteiger partial charge in [-0.1, -0.05) is 6.07 Å². The number of sulfone groups is 2. The molecule has 2 rings (SSSR count). The second-order valence-corrected chi connectivity index (χ2v) is 10.4. The van der Waals surface area contributed by atoms with Crippen LogP contribution < -0.4 is 5.32 Å². The molecular weight excluding hydrogens is 352 g/mol. The Hall–Kier alpha value is -1.61. The van der Waals surface area contributed by atoms with Crippen LogP contribution in [-0.4, -0.2) is 65.0 Å². The fraction of sp³-hybridized carbons (Fsp3) is 0.533. The summed E-state index contributed by atoms with van der Waals surface area (Å²) in [5, 5.41) is 2.95. The quantitative estimate of drug-likeness (QED) is 0.803. The molecule has 0 aromatic heterocycles. The SMILES string of the molecule is Cc1ccc(S(C)(=O)=O)cc1NCC(=O)N(C)C1CCS(=O)(=O)C1. The molecule has 1 aromatic carbocycles. The van der Waals surface area contributed by atoms with Crippen LogP contribution in [0.25, 0.3) is 0 Å². The van der Waals surface area contributed by atoms with Gasteiger partial charge in [0.2, 0.25) is 5.91 Å². The van der Waals surface area contributed by atoms with Crippen LogP contribution in [0.2, 0.25) is 0 Å². The van der Waals surface area contributed by atoms with E-state index in [1.807, 2.05) is 6.92 Å². The van der Waals surface area contributed by atoms with Crippen LogP contribution in [0.15, 0.2) is 23.1 Å². The number of amides is 1. The van der Waals surface area contributed by atoms with Crippen LogP contribution >= 0.6 is 0 Å². The molecule has 0 spiro atoms. The molecule has 1 saturated heterocycles. The van der Waals surface area contributed by atoms with Crippen molar-refractivity contribution in [3.8, 4) is 0 Å². The Balaban J connectivity index is 2.04. The highest BCUT2D eigenvalue weighted by molar-refractivity contribution is 7.91. The Kier molecular flexibility index (Phi) is 5.24. The summed E-state index contributed by atoms with van der Waals surface area (Å²) < 4.78 is 46.3. The van der Waals surface area contributed by atoms with E-state index in [0.717, 1.165) is 11.8 Å². The van der Waals surface area contributed by atoms with Gasteiger partial charge >= 0.3 is 0 Å². The van der Waals surface area contributed by atoms with Gasteiger partial charge in [0.05, 0.1) is 22.9 Å². The number of carbonyl (C=O) groups is 1. The lowest BCUT2D eigenvalue weighted by molar-refractivity contribution is -0.129. The minimum atomic E-state index is -3.33. The van der Waals surface area contributed by atoms with Crippen LogP contribution in [0.3, 0.4) is 0 Å². The van der Waals surface area contributed by atoms with Gasteiger partial charge in [0, 0.05) is 25.0 Å².